The molecule has 0 bridgehead atoms. The van der Waals surface area contributed by atoms with E-state index in [1.54, 1.807) is 20.3 Å². The molecule has 5 heteroatoms. The minimum absolute atomic E-state index is 0.254. The molecule has 0 N–H and O–H groups in total. The molecule has 0 radical (unpaired) electrons. The molecule has 1 saturated heterocycles. The van der Waals surface area contributed by atoms with Gasteiger partial charge in [0.15, 0.2) is 0 Å². The zero-order chi connectivity index (χ0) is 16.3. The van der Waals surface area contributed by atoms with E-state index < -0.39 is 5.60 Å². The van der Waals surface area contributed by atoms with Crippen molar-refractivity contribution in [1.82, 2.24) is 0 Å². The van der Waals surface area contributed by atoms with Gasteiger partial charge < -0.3 is 18.9 Å². The van der Waals surface area contributed by atoms with Crippen LogP contribution < -0.4 is 9.47 Å². The van der Waals surface area contributed by atoms with Crippen molar-refractivity contribution in [2.24, 2.45) is 5.92 Å². The monoisotopic (exact) mass is 306 g/mol. The van der Waals surface area contributed by atoms with Gasteiger partial charge in [-0.2, -0.15) is 0 Å². The highest BCUT2D eigenvalue weighted by molar-refractivity contribution is 5.85. The summed E-state index contributed by atoms with van der Waals surface area (Å²) < 4.78 is 21.7. The Balaban J connectivity index is 2.51. The molecule has 0 aliphatic carbocycles. The smallest absolute Gasteiger partial charge is 0.317 e. The number of hydrogen-bond donors (Lipinski definition) is 0. The maximum absolute atomic E-state index is 11.7. The SMILES string of the molecule is CCO/C(=C\C1C(=O)OC1(C)C)c1c(OC)cccc1OC. The molecule has 0 spiro atoms. The number of ether oxygens (including phenoxy) is 4. The van der Waals surface area contributed by atoms with Gasteiger partial charge in [-0.1, -0.05) is 6.07 Å². The first kappa shape index (κ1) is 16.2. The Bertz CT molecular complexity index is 566. The molecule has 1 aliphatic rings. The van der Waals surface area contributed by atoms with Crippen molar-refractivity contribution >= 4 is 11.7 Å². The standard InChI is InChI=1S/C17H22O5/c1-6-21-14(10-11-16(18)22-17(11,2)3)15-12(19-4)8-7-9-13(15)20-5/h7-11H,6H2,1-5H3/b14-10-. The van der Waals surface area contributed by atoms with Crippen molar-refractivity contribution in [1.29, 1.82) is 0 Å². The van der Waals surface area contributed by atoms with Crippen LogP contribution in [0.2, 0.25) is 0 Å². The fourth-order valence-corrected chi connectivity index (χ4v) is 2.49. The predicted octanol–water partition coefficient (Wildman–Crippen LogP) is 3.03. The first-order chi connectivity index (χ1) is 10.4. The van der Waals surface area contributed by atoms with Crippen LogP contribution in [0.25, 0.3) is 5.76 Å². The van der Waals surface area contributed by atoms with Crippen LogP contribution in [-0.2, 0) is 14.3 Å². The number of esters is 1. The third-order valence-corrected chi connectivity index (χ3v) is 3.66. The number of carbonyl (C=O) groups excluding carboxylic acids is 1. The lowest BCUT2D eigenvalue weighted by molar-refractivity contribution is -0.197. The Kier molecular flexibility index (Phi) is 4.64. The summed E-state index contributed by atoms with van der Waals surface area (Å²) >= 11 is 0. The molecular weight excluding hydrogens is 284 g/mol. The zero-order valence-electron chi connectivity index (χ0n) is 13.6. The van der Waals surface area contributed by atoms with Gasteiger partial charge in [0.25, 0.3) is 0 Å². The quantitative estimate of drug-likeness (QED) is 0.597. The fraction of sp³-hybridized carbons (Fsp3) is 0.471. The van der Waals surface area contributed by atoms with E-state index in [1.165, 1.54) is 0 Å². The molecule has 0 aromatic heterocycles. The molecule has 1 aliphatic heterocycles. The predicted molar refractivity (Wildman–Crippen MR) is 82.8 cm³/mol. The molecule has 1 unspecified atom stereocenters. The van der Waals surface area contributed by atoms with E-state index >= 15 is 0 Å². The third-order valence-electron chi connectivity index (χ3n) is 3.66. The Hall–Kier alpha value is -2.17. The summed E-state index contributed by atoms with van der Waals surface area (Å²) in [5.41, 5.74) is 0.166. The Morgan fingerprint density at radius 3 is 2.27 bits per heavy atom. The summed E-state index contributed by atoms with van der Waals surface area (Å²) in [7, 11) is 3.17. The molecule has 120 valence electrons. The van der Waals surface area contributed by atoms with Gasteiger partial charge in [0.05, 0.1) is 20.8 Å². The highest BCUT2D eigenvalue weighted by Gasteiger charge is 2.48. The molecule has 1 aromatic rings. The minimum Gasteiger partial charge on any atom is -0.496 e. The summed E-state index contributed by atoms with van der Waals surface area (Å²) in [4.78, 5) is 11.7. The van der Waals surface area contributed by atoms with Gasteiger partial charge in [0.1, 0.15) is 34.3 Å². The molecule has 0 saturated carbocycles. The molecule has 5 nitrogen and oxygen atoms in total. The van der Waals surface area contributed by atoms with Crippen LogP contribution in [0.3, 0.4) is 0 Å². The van der Waals surface area contributed by atoms with E-state index in [-0.39, 0.29) is 11.9 Å². The molecule has 1 heterocycles. The number of carbonyl (C=O) groups is 1. The molecular formula is C17H22O5. The normalized spacial score (nSPS) is 20.0. The fourth-order valence-electron chi connectivity index (χ4n) is 2.49. The molecule has 1 aromatic carbocycles. The van der Waals surface area contributed by atoms with E-state index in [4.69, 9.17) is 18.9 Å². The van der Waals surface area contributed by atoms with E-state index in [2.05, 4.69) is 0 Å². The zero-order valence-corrected chi connectivity index (χ0v) is 13.6. The van der Waals surface area contributed by atoms with Crippen molar-refractivity contribution in [3.05, 3.63) is 29.8 Å². The third kappa shape index (κ3) is 2.89. The average molecular weight is 306 g/mol. The topological polar surface area (TPSA) is 54.0 Å². The van der Waals surface area contributed by atoms with Gasteiger partial charge in [0, 0.05) is 0 Å². The maximum atomic E-state index is 11.7. The van der Waals surface area contributed by atoms with Gasteiger partial charge >= 0.3 is 5.97 Å². The lowest BCUT2D eigenvalue weighted by Gasteiger charge is -2.41. The van der Waals surface area contributed by atoms with E-state index in [0.717, 1.165) is 0 Å². The van der Waals surface area contributed by atoms with Crippen LogP contribution in [0.5, 0.6) is 11.5 Å². The van der Waals surface area contributed by atoms with Crippen molar-refractivity contribution < 1.29 is 23.7 Å². The van der Waals surface area contributed by atoms with Crippen LogP contribution in [0, 0.1) is 5.92 Å². The second-order valence-corrected chi connectivity index (χ2v) is 5.50. The Morgan fingerprint density at radius 1 is 1.27 bits per heavy atom. The molecule has 2 rings (SSSR count). The van der Waals surface area contributed by atoms with Gasteiger partial charge in [-0.15, -0.1) is 0 Å². The van der Waals surface area contributed by atoms with Crippen molar-refractivity contribution in [3.63, 3.8) is 0 Å². The molecule has 1 fully saturated rings. The Labute approximate surface area is 130 Å². The maximum Gasteiger partial charge on any atom is 0.317 e. The Morgan fingerprint density at radius 2 is 1.86 bits per heavy atom. The number of rotatable bonds is 6. The van der Waals surface area contributed by atoms with E-state index in [0.29, 0.717) is 29.4 Å². The minimum atomic E-state index is -0.533. The number of cyclic esters (lactones) is 1. The second-order valence-electron chi connectivity index (χ2n) is 5.50. The first-order valence-electron chi connectivity index (χ1n) is 7.23. The van der Waals surface area contributed by atoms with Gasteiger partial charge in [-0.05, 0) is 39.0 Å². The first-order valence-corrected chi connectivity index (χ1v) is 7.23. The van der Waals surface area contributed by atoms with E-state index in [1.807, 2.05) is 39.0 Å². The van der Waals surface area contributed by atoms with Crippen LogP contribution in [0.1, 0.15) is 26.3 Å². The number of hydrogen-bond acceptors (Lipinski definition) is 5. The van der Waals surface area contributed by atoms with Crippen molar-refractivity contribution in [2.75, 3.05) is 20.8 Å². The van der Waals surface area contributed by atoms with Crippen molar-refractivity contribution in [2.45, 2.75) is 26.4 Å². The largest absolute Gasteiger partial charge is 0.496 e. The van der Waals surface area contributed by atoms with Crippen LogP contribution in [0.4, 0.5) is 0 Å². The van der Waals surface area contributed by atoms with Crippen LogP contribution in [-0.4, -0.2) is 32.4 Å². The lowest BCUT2D eigenvalue weighted by Crippen LogP contribution is -2.52. The lowest BCUT2D eigenvalue weighted by atomic mass is 9.84. The van der Waals surface area contributed by atoms with Crippen molar-refractivity contribution in [3.8, 4) is 11.5 Å². The summed E-state index contributed by atoms with van der Waals surface area (Å²) in [6.07, 6.45) is 1.79. The highest BCUT2D eigenvalue weighted by atomic mass is 16.6. The molecule has 0 amide bonds. The summed E-state index contributed by atoms with van der Waals surface area (Å²) in [6.45, 7) is 6.10. The number of benzene rings is 1. The number of methoxy groups -OCH3 is 2. The van der Waals surface area contributed by atoms with Gasteiger partial charge in [-0.25, -0.2) is 0 Å². The second kappa shape index (κ2) is 6.30. The highest BCUT2D eigenvalue weighted by Crippen LogP contribution is 2.40. The molecule has 22 heavy (non-hydrogen) atoms. The van der Waals surface area contributed by atoms with Gasteiger partial charge in [-0.3, -0.25) is 4.79 Å². The molecule has 1 atom stereocenters. The summed E-state index contributed by atoms with van der Waals surface area (Å²) in [5.74, 6) is 1.21. The summed E-state index contributed by atoms with van der Waals surface area (Å²) in [5, 5.41) is 0. The van der Waals surface area contributed by atoms with Gasteiger partial charge in [0.2, 0.25) is 0 Å². The average Bonchev–Trinajstić information content (AvgIpc) is 2.50. The van der Waals surface area contributed by atoms with Crippen LogP contribution in [0.15, 0.2) is 24.3 Å². The van der Waals surface area contributed by atoms with E-state index in [9.17, 15) is 4.79 Å². The van der Waals surface area contributed by atoms with Crippen LogP contribution >= 0.6 is 0 Å². The summed E-state index contributed by atoms with van der Waals surface area (Å²) in [6, 6.07) is 5.50.